The highest BCUT2D eigenvalue weighted by Crippen LogP contribution is 2.39. The molecule has 2 aliphatic heterocycles. The third-order valence-corrected chi connectivity index (χ3v) is 7.63. The van der Waals surface area contributed by atoms with E-state index in [4.69, 9.17) is 4.74 Å². The van der Waals surface area contributed by atoms with E-state index < -0.39 is 0 Å². The van der Waals surface area contributed by atoms with E-state index in [0.29, 0.717) is 0 Å². The SMILES string of the molecule is CC1=C(n2c3ccccc3c3ccccc32)N(C)CN1c1cccc(Oc2cccc(N3C=CN(C)C3)c2)c1. The first-order chi connectivity index (χ1) is 19.1. The van der Waals surface area contributed by atoms with Crippen LogP contribution in [0.2, 0.25) is 0 Å². The summed E-state index contributed by atoms with van der Waals surface area (Å²) in [6.07, 6.45) is 4.17. The molecule has 0 radical (unpaired) electrons. The average Bonchev–Trinajstić information content (AvgIpc) is 3.62. The molecule has 4 aromatic carbocycles. The van der Waals surface area contributed by atoms with Crippen molar-refractivity contribution in [3.63, 3.8) is 0 Å². The Kier molecular flexibility index (Phi) is 5.48. The van der Waals surface area contributed by atoms with E-state index >= 15 is 0 Å². The van der Waals surface area contributed by atoms with E-state index in [2.05, 4.69) is 136 Å². The number of hydrogen-bond donors (Lipinski definition) is 0. The molecule has 0 spiro atoms. The average molecular weight is 514 g/mol. The first-order valence-corrected chi connectivity index (χ1v) is 13.3. The van der Waals surface area contributed by atoms with Crippen LogP contribution in [0.4, 0.5) is 11.4 Å². The van der Waals surface area contributed by atoms with Crippen LogP contribution in [0, 0.1) is 0 Å². The minimum Gasteiger partial charge on any atom is -0.457 e. The van der Waals surface area contributed by atoms with Crippen molar-refractivity contribution in [2.45, 2.75) is 6.92 Å². The molecule has 0 amide bonds. The van der Waals surface area contributed by atoms with Gasteiger partial charge in [-0.25, -0.2) is 0 Å². The van der Waals surface area contributed by atoms with Crippen molar-refractivity contribution in [3.05, 3.63) is 115 Å². The predicted molar refractivity (Wildman–Crippen MR) is 161 cm³/mol. The van der Waals surface area contributed by atoms with Crippen LogP contribution in [0.15, 0.2) is 115 Å². The van der Waals surface area contributed by atoms with Gasteiger partial charge >= 0.3 is 0 Å². The number of allylic oxidation sites excluding steroid dienone is 1. The topological polar surface area (TPSA) is 27.1 Å². The van der Waals surface area contributed by atoms with Crippen molar-refractivity contribution in [3.8, 4) is 11.5 Å². The molecule has 0 aliphatic carbocycles. The summed E-state index contributed by atoms with van der Waals surface area (Å²) in [5.41, 5.74) is 5.86. The van der Waals surface area contributed by atoms with E-state index in [1.807, 2.05) is 18.2 Å². The molecule has 5 aromatic rings. The molecule has 2 aliphatic rings. The Morgan fingerprint density at radius 2 is 1.26 bits per heavy atom. The van der Waals surface area contributed by atoms with Crippen LogP contribution in [-0.4, -0.2) is 41.8 Å². The Balaban J connectivity index is 1.23. The lowest BCUT2D eigenvalue weighted by molar-refractivity contribution is 0.479. The second-order valence-corrected chi connectivity index (χ2v) is 10.3. The van der Waals surface area contributed by atoms with Gasteiger partial charge in [-0.1, -0.05) is 48.5 Å². The van der Waals surface area contributed by atoms with Gasteiger partial charge in [-0.3, -0.25) is 4.57 Å². The van der Waals surface area contributed by atoms with Gasteiger partial charge in [0.2, 0.25) is 0 Å². The fourth-order valence-corrected chi connectivity index (χ4v) is 5.81. The summed E-state index contributed by atoms with van der Waals surface area (Å²) in [5, 5.41) is 2.54. The lowest BCUT2D eigenvalue weighted by atomic mass is 10.2. The quantitative estimate of drug-likeness (QED) is 0.245. The van der Waals surface area contributed by atoms with Gasteiger partial charge in [-0.05, 0) is 43.3 Å². The first kappa shape index (κ1) is 23.3. The Bertz CT molecular complexity index is 1710. The summed E-state index contributed by atoms with van der Waals surface area (Å²) in [6, 6.07) is 33.9. The third kappa shape index (κ3) is 3.96. The van der Waals surface area contributed by atoms with Crippen molar-refractivity contribution < 1.29 is 4.74 Å². The predicted octanol–water partition coefficient (Wildman–Crippen LogP) is 7.32. The van der Waals surface area contributed by atoms with Gasteiger partial charge in [0.1, 0.15) is 17.3 Å². The van der Waals surface area contributed by atoms with Crippen molar-refractivity contribution >= 4 is 39.0 Å². The van der Waals surface area contributed by atoms with E-state index in [1.54, 1.807) is 0 Å². The highest BCUT2D eigenvalue weighted by Gasteiger charge is 2.28. The Morgan fingerprint density at radius 3 is 1.90 bits per heavy atom. The zero-order chi connectivity index (χ0) is 26.5. The maximum Gasteiger partial charge on any atom is 0.134 e. The maximum absolute atomic E-state index is 6.36. The molecule has 0 atom stereocenters. The largest absolute Gasteiger partial charge is 0.457 e. The Morgan fingerprint density at radius 1 is 0.641 bits per heavy atom. The monoisotopic (exact) mass is 513 g/mol. The number of para-hydroxylation sites is 2. The molecule has 194 valence electrons. The molecule has 3 heterocycles. The molecule has 7 rings (SSSR count). The zero-order valence-corrected chi connectivity index (χ0v) is 22.5. The summed E-state index contributed by atoms with van der Waals surface area (Å²) in [6.45, 7) is 3.80. The molecule has 39 heavy (non-hydrogen) atoms. The number of rotatable bonds is 5. The lowest BCUT2D eigenvalue weighted by Crippen LogP contribution is -2.24. The minimum atomic E-state index is 0.760. The summed E-state index contributed by atoms with van der Waals surface area (Å²) < 4.78 is 8.76. The molecule has 1 aromatic heterocycles. The van der Waals surface area contributed by atoms with Crippen LogP contribution in [0.25, 0.3) is 27.6 Å². The summed E-state index contributed by atoms with van der Waals surface area (Å²) >= 11 is 0. The van der Waals surface area contributed by atoms with Crippen molar-refractivity contribution in [1.82, 2.24) is 14.4 Å². The van der Waals surface area contributed by atoms with E-state index in [9.17, 15) is 0 Å². The summed E-state index contributed by atoms with van der Waals surface area (Å²) in [4.78, 5) is 9.03. The van der Waals surface area contributed by atoms with Gasteiger partial charge in [0.25, 0.3) is 0 Å². The Labute approximate surface area is 228 Å². The molecule has 6 nitrogen and oxygen atoms in total. The van der Waals surface area contributed by atoms with Crippen LogP contribution < -0.4 is 14.5 Å². The number of ether oxygens (including phenoxy) is 1. The number of hydrogen-bond acceptors (Lipinski definition) is 5. The van der Waals surface area contributed by atoms with Crippen LogP contribution >= 0.6 is 0 Å². The molecule has 0 N–H and O–H groups in total. The van der Waals surface area contributed by atoms with Crippen LogP contribution in [0.5, 0.6) is 11.5 Å². The molecular weight excluding hydrogens is 482 g/mol. The first-order valence-electron chi connectivity index (χ1n) is 13.3. The normalized spacial score (nSPS) is 15.5. The number of aromatic nitrogens is 1. The fraction of sp³-hybridized carbons (Fsp3) is 0.152. The smallest absolute Gasteiger partial charge is 0.134 e. The number of fused-ring (bicyclic) bond motifs is 3. The lowest BCUT2D eigenvalue weighted by Gasteiger charge is -2.22. The van der Waals surface area contributed by atoms with E-state index in [0.717, 1.165) is 36.2 Å². The molecule has 0 fully saturated rings. The maximum atomic E-state index is 6.36. The van der Waals surface area contributed by atoms with Gasteiger partial charge in [-0.15, -0.1) is 0 Å². The highest BCUT2D eigenvalue weighted by atomic mass is 16.5. The standard InChI is InChI=1S/C33H31N5O/c1-24-33(38-31-16-6-4-14-29(31)30-15-5-7-17-32(30)38)35(3)23-37(24)26-11-9-13-28(21-26)39-27-12-8-10-25(20-27)36-19-18-34(2)22-36/h4-21H,22-23H2,1-3H3. The minimum absolute atomic E-state index is 0.760. The van der Waals surface area contributed by atoms with Crippen molar-refractivity contribution in [2.75, 3.05) is 37.2 Å². The number of nitrogens with zero attached hydrogens (tertiary/aromatic N) is 5. The molecule has 6 heteroatoms. The summed E-state index contributed by atoms with van der Waals surface area (Å²) in [7, 11) is 4.24. The molecule has 0 saturated heterocycles. The van der Waals surface area contributed by atoms with Gasteiger partial charge in [0.05, 0.1) is 30.1 Å². The molecule has 0 bridgehead atoms. The van der Waals surface area contributed by atoms with Gasteiger partial charge < -0.3 is 24.3 Å². The zero-order valence-electron chi connectivity index (χ0n) is 22.5. The van der Waals surface area contributed by atoms with Gasteiger partial charge in [0, 0.05) is 60.8 Å². The number of anilines is 2. The van der Waals surface area contributed by atoms with Crippen LogP contribution in [0.1, 0.15) is 6.92 Å². The van der Waals surface area contributed by atoms with Gasteiger partial charge in [0.15, 0.2) is 0 Å². The Hall–Kier alpha value is -4.84. The highest BCUT2D eigenvalue weighted by molar-refractivity contribution is 6.10. The second-order valence-electron chi connectivity index (χ2n) is 10.3. The number of benzene rings is 4. The third-order valence-electron chi connectivity index (χ3n) is 7.63. The van der Waals surface area contributed by atoms with E-state index in [-0.39, 0.29) is 0 Å². The molecular formula is C33H31N5O. The van der Waals surface area contributed by atoms with Gasteiger partial charge in [-0.2, -0.15) is 0 Å². The van der Waals surface area contributed by atoms with Crippen molar-refractivity contribution in [1.29, 1.82) is 0 Å². The molecule has 0 unspecified atom stereocenters. The van der Waals surface area contributed by atoms with Crippen LogP contribution in [0.3, 0.4) is 0 Å². The molecule has 0 saturated carbocycles. The second kappa shape index (κ2) is 9.17. The summed E-state index contributed by atoms with van der Waals surface area (Å²) in [5.74, 6) is 2.83. The van der Waals surface area contributed by atoms with Crippen LogP contribution in [-0.2, 0) is 0 Å². The fourth-order valence-electron chi connectivity index (χ4n) is 5.81. The van der Waals surface area contributed by atoms with E-state index in [1.165, 1.54) is 33.3 Å². The van der Waals surface area contributed by atoms with Crippen molar-refractivity contribution in [2.24, 2.45) is 0 Å².